The molecular formula is C10H7F13O2S. The van der Waals surface area contributed by atoms with Gasteiger partial charge in [-0.1, -0.05) is 0 Å². The molecule has 1 unspecified atom stereocenters. The third-order valence-electron chi connectivity index (χ3n) is 2.84. The minimum atomic E-state index is -7.93. The van der Waals surface area contributed by atoms with Crippen LogP contribution in [0.4, 0.5) is 57.1 Å². The van der Waals surface area contributed by atoms with Gasteiger partial charge < -0.3 is 4.74 Å². The van der Waals surface area contributed by atoms with Gasteiger partial charge in [0.25, 0.3) is 0 Å². The minimum Gasteiger partial charge on any atom is -0.395 e. The predicted molar refractivity (Wildman–Crippen MR) is 60.2 cm³/mol. The number of hydrogen-bond acceptors (Lipinski definition) is 3. The molecule has 0 radical (unpaired) electrons. The summed E-state index contributed by atoms with van der Waals surface area (Å²) in [5.41, 5.74) is 0. The Labute approximate surface area is 141 Å². The van der Waals surface area contributed by atoms with Crippen LogP contribution in [0, 0.1) is 0 Å². The second-order valence-corrected chi connectivity index (χ2v) is 5.00. The summed E-state index contributed by atoms with van der Waals surface area (Å²) in [6, 6.07) is 0. The fraction of sp³-hybridized carbons (Fsp3) is 0.900. The normalized spacial score (nSPS) is 16.4. The van der Waals surface area contributed by atoms with Gasteiger partial charge >= 0.3 is 41.7 Å². The Bertz CT molecular complexity index is 531. The maximum atomic E-state index is 13.2. The number of alkyl halides is 13. The van der Waals surface area contributed by atoms with Crippen LogP contribution >= 0.6 is 12.6 Å². The van der Waals surface area contributed by atoms with E-state index in [0.717, 1.165) is 0 Å². The first-order chi connectivity index (χ1) is 11.1. The maximum absolute atomic E-state index is 13.2. The van der Waals surface area contributed by atoms with Crippen molar-refractivity contribution in [2.45, 2.75) is 48.8 Å². The Morgan fingerprint density at radius 2 is 1.15 bits per heavy atom. The van der Waals surface area contributed by atoms with Crippen LogP contribution in [0.25, 0.3) is 0 Å². The standard InChI is InChI=1S/C10H7F13O2S/c1-3(11)5(12,13)6(14,15)7(16,17)8(18,19)9(20,21)10(22,23)25-4(24)2-26/h3,26H,2H2,1H3. The molecule has 0 spiro atoms. The molecule has 0 aliphatic carbocycles. The lowest BCUT2D eigenvalue weighted by Gasteiger charge is -2.40. The van der Waals surface area contributed by atoms with Crippen molar-refractivity contribution in [1.82, 2.24) is 0 Å². The maximum Gasteiger partial charge on any atom is 0.473 e. The van der Waals surface area contributed by atoms with E-state index in [-0.39, 0.29) is 0 Å². The van der Waals surface area contributed by atoms with E-state index in [2.05, 4.69) is 17.4 Å². The van der Waals surface area contributed by atoms with Crippen molar-refractivity contribution in [2.75, 3.05) is 5.75 Å². The fourth-order valence-electron chi connectivity index (χ4n) is 1.28. The fourth-order valence-corrected chi connectivity index (χ4v) is 1.34. The second-order valence-electron chi connectivity index (χ2n) is 4.69. The average molecular weight is 438 g/mol. The molecule has 0 aromatic carbocycles. The van der Waals surface area contributed by atoms with E-state index in [9.17, 15) is 61.9 Å². The molecule has 0 amide bonds. The van der Waals surface area contributed by atoms with E-state index in [1.807, 2.05) is 0 Å². The van der Waals surface area contributed by atoms with Crippen molar-refractivity contribution in [2.24, 2.45) is 0 Å². The molecule has 0 N–H and O–H groups in total. The zero-order valence-corrected chi connectivity index (χ0v) is 12.9. The molecule has 0 fully saturated rings. The zero-order valence-electron chi connectivity index (χ0n) is 12.0. The molecule has 0 aliphatic heterocycles. The van der Waals surface area contributed by atoms with Crippen molar-refractivity contribution in [3.8, 4) is 0 Å². The highest BCUT2D eigenvalue weighted by Gasteiger charge is 2.91. The summed E-state index contributed by atoms with van der Waals surface area (Å²) in [4.78, 5) is 10.4. The van der Waals surface area contributed by atoms with E-state index in [1.54, 1.807) is 0 Å². The van der Waals surface area contributed by atoms with Crippen molar-refractivity contribution in [3.63, 3.8) is 0 Å². The first kappa shape index (κ1) is 24.9. The highest BCUT2D eigenvalue weighted by Crippen LogP contribution is 2.60. The van der Waals surface area contributed by atoms with E-state index < -0.39 is 60.5 Å². The molecular weight excluding hydrogens is 431 g/mol. The number of halogens is 13. The Hall–Kier alpha value is -1.09. The number of hydrogen-bond donors (Lipinski definition) is 1. The van der Waals surface area contributed by atoms with Crippen molar-refractivity contribution in [1.29, 1.82) is 0 Å². The molecule has 0 saturated carbocycles. The van der Waals surface area contributed by atoms with Gasteiger partial charge in [-0.05, 0) is 6.92 Å². The van der Waals surface area contributed by atoms with Gasteiger partial charge in [-0.15, -0.1) is 0 Å². The summed E-state index contributed by atoms with van der Waals surface area (Å²) in [7, 11) is 0. The summed E-state index contributed by atoms with van der Waals surface area (Å²) in [5, 5.41) is 0. The molecule has 0 saturated heterocycles. The Morgan fingerprint density at radius 1 is 0.808 bits per heavy atom. The Kier molecular flexibility index (Phi) is 6.53. The first-order valence-corrected chi connectivity index (χ1v) is 6.52. The van der Waals surface area contributed by atoms with Gasteiger partial charge in [0.2, 0.25) is 0 Å². The highest BCUT2D eigenvalue weighted by atomic mass is 32.1. The lowest BCUT2D eigenvalue weighted by atomic mass is 9.92. The SMILES string of the molecule is CC(F)C(F)(F)C(F)(F)C(F)(F)C(F)(F)C(F)(F)C(F)(F)OC(=O)CS. The van der Waals surface area contributed by atoms with Gasteiger partial charge in [0.15, 0.2) is 6.17 Å². The van der Waals surface area contributed by atoms with Crippen molar-refractivity contribution < 1.29 is 66.6 Å². The van der Waals surface area contributed by atoms with Gasteiger partial charge in [-0.3, -0.25) is 4.79 Å². The second kappa shape index (κ2) is 6.82. The van der Waals surface area contributed by atoms with Crippen LogP contribution in [0.5, 0.6) is 0 Å². The molecule has 1 atom stereocenters. The summed E-state index contributed by atoms with van der Waals surface area (Å²) >= 11 is 2.91. The predicted octanol–water partition coefficient (Wildman–Crippen LogP) is 4.59. The molecule has 156 valence electrons. The van der Waals surface area contributed by atoms with Gasteiger partial charge in [-0.25, -0.2) is 4.39 Å². The molecule has 26 heavy (non-hydrogen) atoms. The number of thiol groups is 1. The molecule has 0 bridgehead atoms. The van der Waals surface area contributed by atoms with E-state index >= 15 is 0 Å². The van der Waals surface area contributed by atoms with Crippen LogP contribution in [0.3, 0.4) is 0 Å². The van der Waals surface area contributed by atoms with Crippen LogP contribution in [0.2, 0.25) is 0 Å². The monoisotopic (exact) mass is 438 g/mol. The molecule has 0 heterocycles. The van der Waals surface area contributed by atoms with E-state index in [4.69, 9.17) is 0 Å². The van der Waals surface area contributed by atoms with Crippen LogP contribution in [-0.4, -0.2) is 53.6 Å². The number of ether oxygens (including phenoxy) is 1. The summed E-state index contributed by atoms with van der Waals surface area (Å²) in [5.74, 6) is -41.6. The smallest absolute Gasteiger partial charge is 0.395 e. The molecule has 16 heteroatoms. The minimum absolute atomic E-state index is 0.497. The number of esters is 1. The zero-order chi connectivity index (χ0) is 21.6. The lowest BCUT2D eigenvalue weighted by molar-refractivity contribution is -0.453. The van der Waals surface area contributed by atoms with E-state index in [0.29, 0.717) is 0 Å². The number of carbonyl (C=O) groups excluding carboxylic acids is 1. The first-order valence-electron chi connectivity index (χ1n) is 5.88. The van der Waals surface area contributed by atoms with Gasteiger partial charge in [0, 0.05) is 0 Å². The molecule has 0 aromatic heterocycles. The highest BCUT2D eigenvalue weighted by molar-refractivity contribution is 7.81. The van der Waals surface area contributed by atoms with Crippen LogP contribution in [-0.2, 0) is 9.53 Å². The third kappa shape index (κ3) is 3.40. The molecule has 0 rings (SSSR count). The van der Waals surface area contributed by atoms with Gasteiger partial charge in [-0.2, -0.15) is 65.3 Å². The number of carbonyl (C=O) groups is 1. The lowest BCUT2D eigenvalue weighted by Crippen LogP contribution is -2.72. The molecule has 2 nitrogen and oxygen atoms in total. The van der Waals surface area contributed by atoms with E-state index in [1.165, 1.54) is 0 Å². The Balaban J connectivity index is 6.31. The van der Waals surface area contributed by atoms with Crippen LogP contribution in [0.1, 0.15) is 6.92 Å². The quantitative estimate of drug-likeness (QED) is 0.341. The largest absolute Gasteiger partial charge is 0.473 e. The van der Waals surface area contributed by atoms with Crippen molar-refractivity contribution in [3.05, 3.63) is 0 Å². The van der Waals surface area contributed by atoms with Crippen molar-refractivity contribution >= 4 is 18.6 Å². The number of rotatable bonds is 8. The van der Waals surface area contributed by atoms with Gasteiger partial charge in [0.1, 0.15) is 0 Å². The summed E-state index contributed by atoms with van der Waals surface area (Å²) in [6.45, 7) is -0.497. The Morgan fingerprint density at radius 3 is 1.46 bits per heavy atom. The average Bonchev–Trinajstić information content (AvgIpc) is 2.45. The third-order valence-corrected chi connectivity index (χ3v) is 3.10. The van der Waals surface area contributed by atoms with Crippen LogP contribution < -0.4 is 0 Å². The van der Waals surface area contributed by atoms with Gasteiger partial charge in [0.05, 0.1) is 5.75 Å². The summed E-state index contributed by atoms with van der Waals surface area (Å²) in [6.07, 6.45) is -11.1. The molecule has 0 aromatic rings. The summed E-state index contributed by atoms with van der Waals surface area (Å²) < 4.78 is 172. The topological polar surface area (TPSA) is 26.3 Å². The molecule has 0 aliphatic rings. The van der Waals surface area contributed by atoms with Crippen LogP contribution in [0.15, 0.2) is 0 Å².